The third-order valence-corrected chi connectivity index (χ3v) is 3.12. The molecule has 0 bridgehead atoms. The minimum atomic E-state index is 0.580. The second-order valence-corrected chi connectivity index (χ2v) is 4.26. The summed E-state index contributed by atoms with van der Waals surface area (Å²) < 4.78 is 0. The molecule has 0 saturated carbocycles. The number of nitrogens with two attached hydrogens (primary N) is 1. The second kappa shape index (κ2) is 4.69. The van der Waals surface area contributed by atoms with Crippen LogP contribution in [0.25, 0.3) is 0 Å². The molecule has 0 amide bonds. The molecule has 1 aromatic heterocycles. The molecule has 0 spiro atoms. The van der Waals surface area contributed by atoms with Crippen LogP contribution >= 0.6 is 11.8 Å². The molecule has 0 aliphatic carbocycles. The average molecular weight is 227 g/mol. The van der Waals surface area contributed by atoms with E-state index in [2.05, 4.69) is 11.1 Å². The van der Waals surface area contributed by atoms with E-state index < -0.39 is 0 Å². The molecule has 0 fully saturated rings. The van der Waals surface area contributed by atoms with E-state index in [1.165, 1.54) is 0 Å². The van der Waals surface area contributed by atoms with Gasteiger partial charge in [0.2, 0.25) is 0 Å². The summed E-state index contributed by atoms with van der Waals surface area (Å²) in [6.45, 7) is 0. The van der Waals surface area contributed by atoms with E-state index in [0.717, 1.165) is 9.79 Å². The summed E-state index contributed by atoms with van der Waals surface area (Å²) in [6.07, 6.45) is 3.48. The minimum absolute atomic E-state index is 0.580. The SMILES string of the molecule is N#Cc1ccc(Sc2ccncc2)c(N)c1. The van der Waals surface area contributed by atoms with E-state index in [9.17, 15) is 0 Å². The predicted octanol–water partition coefficient (Wildman–Crippen LogP) is 2.69. The highest BCUT2D eigenvalue weighted by atomic mass is 32.2. The van der Waals surface area contributed by atoms with Gasteiger partial charge < -0.3 is 5.73 Å². The third kappa shape index (κ3) is 2.33. The van der Waals surface area contributed by atoms with Crippen LogP contribution in [0.2, 0.25) is 0 Å². The van der Waals surface area contributed by atoms with Crippen molar-refractivity contribution in [1.82, 2.24) is 4.98 Å². The van der Waals surface area contributed by atoms with Crippen molar-refractivity contribution in [1.29, 1.82) is 5.26 Å². The molecule has 4 heteroatoms. The largest absolute Gasteiger partial charge is 0.398 e. The van der Waals surface area contributed by atoms with Crippen LogP contribution in [0.15, 0.2) is 52.5 Å². The number of hydrogen-bond acceptors (Lipinski definition) is 4. The molecule has 0 unspecified atom stereocenters. The quantitative estimate of drug-likeness (QED) is 0.801. The van der Waals surface area contributed by atoms with Crippen molar-refractivity contribution in [3.8, 4) is 6.07 Å². The Morgan fingerprint density at radius 2 is 1.94 bits per heavy atom. The van der Waals surface area contributed by atoms with E-state index in [1.54, 1.807) is 36.3 Å². The van der Waals surface area contributed by atoms with Gasteiger partial charge in [0.05, 0.1) is 11.6 Å². The van der Waals surface area contributed by atoms with Crippen LogP contribution in [0.3, 0.4) is 0 Å². The summed E-state index contributed by atoms with van der Waals surface area (Å²) in [5, 5.41) is 8.72. The molecule has 0 radical (unpaired) electrons. The Balaban J connectivity index is 2.27. The fourth-order valence-electron chi connectivity index (χ4n) is 1.24. The summed E-state index contributed by atoms with van der Waals surface area (Å²) >= 11 is 1.56. The van der Waals surface area contributed by atoms with Gasteiger partial charge in [0.15, 0.2) is 0 Å². The number of rotatable bonds is 2. The third-order valence-electron chi connectivity index (χ3n) is 2.02. The van der Waals surface area contributed by atoms with Gasteiger partial charge in [-0.1, -0.05) is 11.8 Å². The van der Waals surface area contributed by atoms with Crippen LogP contribution in [0.1, 0.15) is 5.56 Å². The van der Waals surface area contributed by atoms with Crippen LogP contribution in [0.5, 0.6) is 0 Å². The van der Waals surface area contributed by atoms with Gasteiger partial charge in [-0.25, -0.2) is 0 Å². The Morgan fingerprint density at radius 3 is 2.56 bits per heavy atom. The molecular formula is C12H9N3S. The first-order valence-corrected chi connectivity index (χ1v) is 5.49. The van der Waals surface area contributed by atoms with Crippen LogP contribution in [0, 0.1) is 11.3 Å². The fraction of sp³-hybridized carbons (Fsp3) is 0. The van der Waals surface area contributed by atoms with E-state index in [4.69, 9.17) is 11.0 Å². The van der Waals surface area contributed by atoms with Gasteiger partial charge in [0.25, 0.3) is 0 Å². The Kier molecular flexibility index (Phi) is 3.08. The van der Waals surface area contributed by atoms with E-state index in [-0.39, 0.29) is 0 Å². The minimum Gasteiger partial charge on any atom is -0.398 e. The van der Waals surface area contributed by atoms with E-state index in [1.807, 2.05) is 18.2 Å². The summed E-state index contributed by atoms with van der Waals surface area (Å²) in [6, 6.07) is 11.2. The van der Waals surface area contributed by atoms with Gasteiger partial charge in [-0.3, -0.25) is 4.98 Å². The van der Waals surface area contributed by atoms with Gasteiger partial charge in [0.1, 0.15) is 0 Å². The van der Waals surface area contributed by atoms with Crippen molar-refractivity contribution in [3.63, 3.8) is 0 Å². The number of hydrogen-bond donors (Lipinski definition) is 1. The number of benzene rings is 1. The number of nitrogen functional groups attached to an aromatic ring is 1. The first kappa shape index (κ1) is 10.5. The molecule has 2 rings (SSSR count). The van der Waals surface area contributed by atoms with Crippen LogP contribution in [-0.4, -0.2) is 4.98 Å². The molecule has 3 nitrogen and oxygen atoms in total. The first-order chi connectivity index (χ1) is 7.79. The maximum Gasteiger partial charge on any atom is 0.0992 e. The molecule has 1 heterocycles. The molecule has 0 atom stereocenters. The Hall–Kier alpha value is -1.99. The molecule has 2 aromatic rings. The maximum atomic E-state index is 8.72. The standard InChI is InChI=1S/C12H9N3S/c13-8-9-1-2-12(11(14)7-9)16-10-3-5-15-6-4-10/h1-7H,14H2. The smallest absolute Gasteiger partial charge is 0.0992 e. The normalized spacial score (nSPS) is 9.69. The lowest BCUT2D eigenvalue weighted by Crippen LogP contribution is -1.89. The monoisotopic (exact) mass is 227 g/mol. The molecular weight excluding hydrogens is 218 g/mol. The van der Waals surface area contributed by atoms with Gasteiger partial charge in [-0.15, -0.1) is 0 Å². The van der Waals surface area contributed by atoms with Crippen molar-refractivity contribution in [2.45, 2.75) is 9.79 Å². The van der Waals surface area contributed by atoms with Crippen molar-refractivity contribution < 1.29 is 0 Å². The van der Waals surface area contributed by atoms with E-state index in [0.29, 0.717) is 11.3 Å². The van der Waals surface area contributed by atoms with Crippen molar-refractivity contribution in [2.24, 2.45) is 0 Å². The zero-order valence-corrected chi connectivity index (χ0v) is 9.24. The molecule has 2 N–H and O–H groups in total. The number of pyridine rings is 1. The summed E-state index contributed by atoms with van der Waals surface area (Å²) in [5.41, 5.74) is 7.06. The number of nitrogens with zero attached hydrogens (tertiary/aromatic N) is 2. The first-order valence-electron chi connectivity index (χ1n) is 4.67. The molecule has 0 aliphatic heterocycles. The lowest BCUT2D eigenvalue weighted by Gasteiger charge is -2.04. The average Bonchev–Trinajstić information content (AvgIpc) is 2.33. The highest BCUT2D eigenvalue weighted by molar-refractivity contribution is 7.99. The maximum absolute atomic E-state index is 8.72. The van der Waals surface area contributed by atoms with Gasteiger partial charge in [-0.05, 0) is 30.3 Å². The van der Waals surface area contributed by atoms with Crippen molar-refractivity contribution in [3.05, 3.63) is 48.3 Å². The van der Waals surface area contributed by atoms with Crippen LogP contribution in [0.4, 0.5) is 5.69 Å². The Morgan fingerprint density at radius 1 is 1.19 bits per heavy atom. The highest BCUT2D eigenvalue weighted by Gasteiger charge is 2.02. The summed E-state index contributed by atoms with van der Waals surface area (Å²) in [4.78, 5) is 5.97. The fourth-order valence-corrected chi connectivity index (χ4v) is 2.07. The number of aromatic nitrogens is 1. The topological polar surface area (TPSA) is 62.7 Å². The van der Waals surface area contributed by atoms with Crippen LogP contribution < -0.4 is 5.73 Å². The molecule has 78 valence electrons. The zero-order chi connectivity index (χ0) is 11.4. The Labute approximate surface area is 97.9 Å². The highest BCUT2D eigenvalue weighted by Crippen LogP contribution is 2.31. The van der Waals surface area contributed by atoms with Gasteiger partial charge in [-0.2, -0.15) is 5.26 Å². The lowest BCUT2D eigenvalue weighted by atomic mass is 10.2. The van der Waals surface area contributed by atoms with E-state index >= 15 is 0 Å². The number of anilines is 1. The summed E-state index contributed by atoms with van der Waals surface area (Å²) in [7, 11) is 0. The van der Waals surface area contributed by atoms with Gasteiger partial charge in [0, 0.05) is 27.9 Å². The van der Waals surface area contributed by atoms with Crippen LogP contribution in [-0.2, 0) is 0 Å². The molecule has 0 saturated heterocycles. The van der Waals surface area contributed by atoms with Gasteiger partial charge >= 0.3 is 0 Å². The molecule has 16 heavy (non-hydrogen) atoms. The Bertz CT molecular complexity index is 532. The predicted molar refractivity (Wildman–Crippen MR) is 63.9 cm³/mol. The number of nitriles is 1. The second-order valence-electron chi connectivity index (χ2n) is 3.15. The lowest BCUT2D eigenvalue weighted by molar-refractivity contribution is 1.26. The molecule has 1 aromatic carbocycles. The summed E-state index contributed by atoms with van der Waals surface area (Å²) in [5.74, 6) is 0. The van der Waals surface area contributed by atoms with Crippen molar-refractivity contribution in [2.75, 3.05) is 5.73 Å². The van der Waals surface area contributed by atoms with Crippen molar-refractivity contribution >= 4 is 17.4 Å². The zero-order valence-electron chi connectivity index (χ0n) is 8.42. The molecule has 0 aliphatic rings.